The summed E-state index contributed by atoms with van der Waals surface area (Å²) in [6.45, 7) is 3.50. The third kappa shape index (κ3) is 2.02. The van der Waals surface area contributed by atoms with Crippen LogP contribution in [0.4, 0.5) is 5.82 Å². The predicted octanol–water partition coefficient (Wildman–Crippen LogP) is 1.68. The number of hydrogen-bond acceptors (Lipinski definition) is 5. The smallest absolute Gasteiger partial charge is 0.255 e. The van der Waals surface area contributed by atoms with Crippen LogP contribution in [0.3, 0.4) is 0 Å². The fourth-order valence-electron chi connectivity index (χ4n) is 2.10. The summed E-state index contributed by atoms with van der Waals surface area (Å²) in [5.74, 6) is 1.38. The first kappa shape index (κ1) is 11.7. The molecule has 0 saturated carbocycles. The van der Waals surface area contributed by atoms with E-state index in [1.807, 2.05) is 6.92 Å². The van der Waals surface area contributed by atoms with Crippen LogP contribution in [0.2, 0.25) is 5.15 Å². The predicted molar refractivity (Wildman–Crippen MR) is 68.0 cm³/mol. The van der Waals surface area contributed by atoms with E-state index in [2.05, 4.69) is 20.4 Å². The molecule has 2 aromatic heterocycles. The van der Waals surface area contributed by atoms with Crippen LogP contribution in [0.1, 0.15) is 18.4 Å². The fourth-order valence-corrected chi connectivity index (χ4v) is 2.27. The van der Waals surface area contributed by atoms with Crippen molar-refractivity contribution in [3.63, 3.8) is 0 Å². The lowest BCUT2D eigenvalue weighted by molar-refractivity contribution is 0.0903. The topological polar surface area (TPSA) is 64.3 Å². The monoisotopic (exact) mass is 267 g/mol. The van der Waals surface area contributed by atoms with Crippen LogP contribution in [-0.2, 0) is 4.74 Å². The number of anilines is 1. The molecule has 6 nitrogen and oxygen atoms in total. The second-order valence-corrected chi connectivity index (χ2v) is 4.74. The Kier molecular flexibility index (Phi) is 3.05. The van der Waals surface area contributed by atoms with E-state index in [4.69, 9.17) is 16.3 Å². The molecule has 96 valence electrons. The molecule has 0 spiro atoms. The van der Waals surface area contributed by atoms with Crippen LogP contribution in [0.5, 0.6) is 0 Å². The van der Waals surface area contributed by atoms with E-state index in [0.717, 1.165) is 37.4 Å². The van der Waals surface area contributed by atoms with Crippen LogP contribution >= 0.6 is 11.6 Å². The van der Waals surface area contributed by atoms with Crippen molar-refractivity contribution >= 4 is 23.2 Å². The summed E-state index contributed by atoms with van der Waals surface area (Å²) >= 11 is 6.11. The average Bonchev–Trinajstić information content (AvgIpc) is 2.84. The fraction of sp³-hybridized carbons (Fsp3) is 0.545. The van der Waals surface area contributed by atoms with E-state index >= 15 is 0 Å². The van der Waals surface area contributed by atoms with Crippen molar-refractivity contribution in [3.8, 4) is 0 Å². The van der Waals surface area contributed by atoms with Crippen molar-refractivity contribution in [1.82, 2.24) is 19.6 Å². The zero-order valence-electron chi connectivity index (χ0n) is 10.1. The van der Waals surface area contributed by atoms with E-state index in [1.54, 1.807) is 4.52 Å². The number of halogens is 1. The molecule has 0 radical (unpaired) electrons. The van der Waals surface area contributed by atoms with Gasteiger partial charge < -0.3 is 10.1 Å². The first-order chi connectivity index (χ1) is 8.75. The summed E-state index contributed by atoms with van der Waals surface area (Å²) in [6.07, 6.45) is 3.44. The number of rotatable bonds is 2. The van der Waals surface area contributed by atoms with Gasteiger partial charge in [-0.2, -0.15) is 19.6 Å². The van der Waals surface area contributed by atoms with E-state index in [1.165, 1.54) is 6.33 Å². The summed E-state index contributed by atoms with van der Waals surface area (Å²) in [4.78, 5) is 8.25. The number of nitrogens with zero attached hydrogens (tertiary/aromatic N) is 4. The highest BCUT2D eigenvalue weighted by Crippen LogP contribution is 2.24. The normalized spacial score (nSPS) is 17.2. The highest BCUT2D eigenvalue weighted by Gasteiger charge is 2.18. The zero-order chi connectivity index (χ0) is 12.5. The average molecular weight is 268 g/mol. The summed E-state index contributed by atoms with van der Waals surface area (Å²) in [7, 11) is 0. The third-order valence-electron chi connectivity index (χ3n) is 3.17. The second kappa shape index (κ2) is 4.70. The molecule has 7 heteroatoms. The Balaban J connectivity index is 1.98. The molecule has 0 aromatic carbocycles. The lowest BCUT2D eigenvalue weighted by Gasteiger charge is -2.25. The van der Waals surface area contributed by atoms with Crippen LogP contribution in [0.25, 0.3) is 5.78 Å². The highest BCUT2D eigenvalue weighted by molar-refractivity contribution is 6.30. The largest absolute Gasteiger partial charge is 0.381 e. The maximum atomic E-state index is 6.11. The van der Waals surface area contributed by atoms with Crippen LogP contribution in [-0.4, -0.2) is 38.8 Å². The van der Waals surface area contributed by atoms with E-state index < -0.39 is 0 Å². The number of ether oxygens (including phenoxy) is 1. The maximum Gasteiger partial charge on any atom is 0.255 e. The third-order valence-corrected chi connectivity index (χ3v) is 3.53. The van der Waals surface area contributed by atoms with Gasteiger partial charge in [0.2, 0.25) is 0 Å². The van der Waals surface area contributed by atoms with Crippen LogP contribution in [0.15, 0.2) is 6.33 Å². The Labute approximate surface area is 109 Å². The van der Waals surface area contributed by atoms with Crippen LogP contribution < -0.4 is 5.32 Å². The molecule has 1 fully saturated rings. The molecule has 1 saturated heterocycles. The van der Waals surface area contributed by atoms with E-state index in [-0.39, 0.29) is 0 Å². The first-order valence-electron chi connectivity index (χ1n) is 5.96. The van der Waals surface area contributed by atoms with Crippen molar-refractivity contribution in [2.24, 2.45) is 0 Å². The van der Waals surface area contributed by atoms with Crippen molar-refractivity contribution < 1.29 is 4.74 Å². The molecule has 3 rings (SSSR count). The van der Waals surface area contributed by atoms with Crippen molar-refractivity contribution in [2.45, 2.75) is 25.8 Å². The molecule has 0 bridgehead atoms. The van der Waals surface area contributed by atoms with Crippen LogP contribution in [0, 0.1) is 6.92 Å². The van der Waals surface area contributed by atoms with Crippen molar-refractivity contribution in [2.75, 3.05) is 18.5 Å². The van der Waals surface area contributed by atoms with Gasteiger partial charge in [0.1, 0.15) is 17.3 Å². The lowest BCUT2D eigenvalue weighted by atomic mass is 10.1. The van der Waals surface area contributed by atoms with Gasteiger partial charge in [-0.15, -0.1) is 0 Å². The SMILES string of the molecule is Cc1c(Cl)nc2ncnn2c1NC1CCOCC1. The Hall–Kier alpha value is -1.40. The minimum atomic E-state index is 0.378. The summed E-state index contributed by atoms with van der Waals surface area (Å²) in [5, 5.41) is 8.11. The highest BCUT2D eigenvalue weighted by atomic mass is 35.5. The van der Waals surface area contributed by atoms with Gasteiger partial charge in [0.05, 0.1) is 0 Å². The molecule has 1 aliphatic heterocycles. The number of nitrogens with one attached hydrogen (secondary N) is 1. The van der Waals surface area contributed by atoms with Gasteiger partial charge in [-0.05, 0) is 19.8 Å². The minimum Gasteiger partial charge on any atom is -0.381 e. The molecule has 0 aliphatic carbocycles. The van der Waals surface area contributed by atoms with E-state index in [0.29, 0.717) is 17.0 Å². The van der Waals surface area contributed by atoms with Gasteiger partial charge in [0.25, 0.3) is 5.78 Å². The molecular formula is C11H14ClN5O. The minimum absolute atomic E-state index is 0.378. The Bertz CT molecular complexity index is 564. The summed E-state index contributed by atoms with van der Waals surface area (Å²) < 4.78 is 7.04. The molecule has 3 heterocycles. The van der Waals surface area contributed by atoms with Gasteiger partial charge in [-0.25, -0.2) is 0 Å². The Morgan fingerprint density at radius 3 is 3.00 bits per heavy atom. The number of aromatic nitrogens is 4. The van der Waals surface area contributed by atoms with Crippen molar-refractivity contribution in [3.05, 3.63) is 17.0 Å². The Morgan fingerprint density at radius 1 is 1.44 bits per heavy atom. The zero-order valence-corrected chi connectivity index (χ0v) is 10.8. The summed E-state index contributed by atoms with van der Waals surface area (Å²) in [5.41, 5.74) is 0.890. The molecular weight excluding hydrogens is 254 g/mol. The molecule has 0 amide bonds. The molecule has 1 aliphatic rings. The van der Waals surface area contributed by atoms with Gasteiger partial charge >= 0.3 is 0 Å². The maximum absolute atomic E-state index is 6.11. The van der Waals surface area contributed by atoms with Gasteiger partial charge in [0, 0.05) is 24.8 Å². The number of hydrogen-bond donors (Lipinski definition) is 1. The molecule has 0 atom stereocenters. The first-order valence-corrected chi connectivity index (χ1v) is 6.33. The van der Waals surface area contributed by atoms with Gasteiger partial charge in [0.15, 0.2) is 0 Å². The number of fused-ring (bicyclic) bond motifs is 1. The summed E-state index contributed by atoms with van der Waals surface area (Å²) in [6, 6.07) is 0.378. The quantitative estimate of drug-likeness (QED) is 0.839. The standard InChI is InChI=1S/C11H14ClN5O/c1-7-9(12)16-11-13-6-14-17(11)10(7)15-8-2-4-18-5-3-8/h6,8,15H,2-5H2,1H3. The second-order valence-electron chi connectivity index (χ2n) is 4.38. The molecule has 2 aromatic rings. The van der Waals surface area contributed by atoms with E-state index in [9.17, 15) is 0 Å². The molecule has 1 N–H and O–H groups in total. The lowest BCUT2D eigenvalue weighted by Crippen LogP contribution is -2.29. The van der Waals surface area contributed by atoms with Crippen molar-refractivity contribution in [1.29, 1.82) is 0 Å². The van der Waals surface area contributed by atoms with Gasteiger partial charge in [-0.3, -0.25) is 0 Å². The Morgan fingerprint density at radius 2 is 2.22 bits per heavy atom. The molecule has 18 heavy (non-hydrogen) atoms. The molecule has 0 unspecified atom stereocenters. The van der Waals surface area contributed by atoms with Gasteiger partial charge in [-0.1, -0.05) is 11.6 Å².